The van der Waals surface area contributed by atoms with E-state index in [1.165, 1.54) is 37.7 Å². The van der Waals surface area contributed by atoms with Gasteiger partial charge in [-0.05, 0) is 37.5 Å². The maximum Gasteiger partial charge on any atom is 0.145 e. The van der Waals surface area contributed by atoms with E-state index in [9.17, 15) is 0 Å². The Balaban J connectivity index is 1.64. The Kier molecular flexibility index (Phi) is 3.69. The minimum atomic E-state index is 0.526. The molecule has 3 aromatic rings. The van der Waals surface area contributed by atoms with E-state index in [-0.39, 0.29) is 0 Å². The van der Waals surface area contributed by atoms with Gasteiger partial charge in [0.15, 0.2) is 0 Å². The predicted octanol–water partition coefficient (Wildman–Crippen LogP) is 3.84. The Labute approximate surface area is 135 Å². The van der Waals surface area contributed by atoms with E-state index in [1.807, 2.05) is 18.6 Å². The van der Waals surface area contributed by atoms with E-state index in [2.05, 4.69) is 38.7 Å². The van der Waals surface area contributed by atoms with Crippen LogP contribution in [0, 0.1) is 6.92 Å². The van der Waals surface area contributed by atoms with Gasteiger partial charge in [-0.15, -0.1) is 0 Å². The van der Waals surface area contributed by atoms with Crippen LogP contribution in [0.15, 0.2) is 36.9 Å². The number of anilines is 1. The molecule has 0 aromatic carbocycles. The Bertz CT molecular complexity index is 817. The first-order valence-electron chi connectivity index (χ1n) is 8.32. The van der Waals surface area contributed by atoms with E-state index < -0.39 is 0 Å². The van der Waals surface area contributed by atoms with Gasteiger partial charge in [-0.25, -0.2) is 9.97 Å². The standard InChI is InChI=1S/C18H21N5/c1-13-7-8-23-16(11-20-18(23)9-13)15-10-19-12-17(22-15)21-14-5-3-2-4-6-14/h7-12,14H,2-6H2,1H3,(H,21,22). The quantitative estimate of drug-likeness (QED) is 0.798. The van der Waals surface area contributed by atoms with E-state index in [0.717, 1.165) is 22.9 Å². The molecule has 0 bridgehead atoms. The van der Waals surface area contributed by atoms with Crippen LogP contribution in [0.1, 0.15) is 37.7 Å². The van der Waals surface area contributed by atoms with Gasteiger partial charge in [-0.2, -0.15) is 0 Å². The number of fused-ring (bicyclic) bond motifs is 1. The molecular formula is C18H21N5. The van der Waals surface area contributed by atoms with Crippen molar-refractivity contribution in [3.63, 3.8) is 0 Å². The maximum absolute atomic E-state index is 4.75. The molecule has 1 fully saturated rings. The van der Waals surface area contributed by atoms with Crippen LogP contribution in [0.2, 0.25) is 0 Å². The molecule has 0 atom stereocenters. The first-order chi connectivity index (χ1) is 11.3. The Morgan fingerprint density at radius 1 is 1.13 bits per heavy atom. The molecule has 0 amide bonds. The van der Waals surface area contributed by atoms with Crippen molar-refractivity contribution in [2.24, 2.45) is 0 Å². The largest absolute Gasteiger partial charge is 0.366 e. The van der Waals surface area contributed by atoms with Crippen LogP contribution in [-0.4, -0.2) is 25.4 Å². The molecule has 3 heterocycles. The number of aryl methyl sites for hydroxylation is 1. The van der Waals surface area contributed by atoms with Crippen LogP contribution in [0.3, 0.4) is 0 Å². The molecular weight excluding hydrogens is 286 g/mol. The lowest BCUT2D eigenvalue weighted by atomic mass is 9.95. The summed E-state index contributed by atoms with van der Waals surface area (Å²) in [6, 6.07) is 4.68. The summed E-state index contributed by atoms with van der Waals surface area (Å²) in [6.45, 7) is 2.07. The molecule has 0 unspecified atom stereocenters. The van der Waals surface area contributed by atoms with E-state index >= 15 is 0 Å². The van der Waals surface area contributed by atoms with Gasteiger partial charge in [-0.1, -0.05) is 19.3 Å². The number of aromatic nitrogens is 4. The van der Waals surface area contributed by atoms with Crippen molar-refractivity contribution < 1.29 is 0 Å². The number of hydrogen-bond acceptors (Lipinski definition) is 4. The lowest BCUT2D eigenvalue weighted by Crippen LogP contribution is -2.22. The second-order valence-corrected chi connectivity index (χ2v) is 6.34. The molecule has 1 aliphatic rings. The first-order valence-corrected chi connectivity index (χ1v) is 8.32. The second-order valence-electron chi connectivity index (χ2n) is 6.34. The van der Waals surface area contributed by atoms with Crippen molar-refractivity contribution in [2.75, 3.05) is 5.32 Å². The molecule has 3 aromatic heterocycles. The third-order valence-corrected chi connectivity index (χ3v) is 4.52. The Morgan fingerprint density at radius 2 is 2.00 bits per heavy atom. The first kappa shape index (κ1) is 14.2. The van der Waals surface area contributed by atoms with Crippen LogP contribution in [-0.2, 0) is 0 Å². The summed E-state index contributed by atoms with van der Waals surface area (Å²) in [5, 5.41) is 3.54. The van der Waals surface area contributed by atoms with E-state index in [1.54, 1.807) is 6.20 Å². The molecule has 5 heteroatoms. The van der Waals surface area contributed by atoms with E-state index in [4.69, 9.17) is 4.98 Å². The van der Waals surface area contributed by atoms with Gasteiger partial charge < -0.3 is 5.32 Å². The highest BCUT2D eigenvalue weighted by molar-refractivity contribution is 5.61. The van der Waals surface area contributed by atoms with Gasteiger partial charge in [-0.3, -0.25) is 9.38 Å². The highest BCUT2D eigenvalue weighted by atomic mass is 15.1. The predicted molar refractivity (Wildman–Crippen MR) is 91.5 cm³/mol. The molecule has 1 aliphatic carbocycles. The fraction of sp³-hybridized carbons (Fsp3) is 0.389. The molecule has 0 saturated heterocycles. The van der Waals surface area contributed by atoms with Crippen molar-refractivity contribution in [3.05, 3.63) is 42.5 Å². The Morgan fingerprint density at radius 3 is 2.87 bits per heavy atom. The zero-order chi connectivity index (χ0) is 15.6. The lowest BCUT2D eigenvalue weighted by molar-refractivity contribution is 0.462. The fourth-order valence-corrected chi connectivity index (χ4v) is 3.29. The maximum atomic E-state index is 4.75. The second kappa shape index (κ2) is 5.99. The SMILES string of the molecule is Cc1ccn2c(-c3cncc(NC4CCCCC4)n3)cnc2c1. The zero-order valence-corrected chi connectivity index (χ0v) is 13.4. The number of pyridine rings is 1. The summed E-state index contributed by atoms with van der Waals surface area (Å²) >= 11 is 0. The van der Waals surface area contributed by atoms with Crippen molar-refractivity contribution >= 4 is 11.5 Å². The summed E-state index contributed by atoms with van der Waals surface area (Å²) in [4.78, 5) is 13.6. The van der Waals surface area contributed by atoms with Gasteiger partial charge in [0.2, 0.25) is 0 Å². The molecule has 1 N–H and O–H groups in total. The summed E-state index contributed by atoms with van der Waals surface area (Å²) in [5.74, 6) is 0.858. The van der Waals surface area contributed by atoms with Crippen molar-refractivity contribution in [2.45, 2.75) is 45.1 Å². The topological polar surface area (TPSA) is 55.1 Å². The highest BCUT2D eigenvalue weighted by Crippen LogP contribution is 2.23. The summed E-state index contributed by atoms with van der Waals surface area (Å²) in [5.41, 5.74) is 3.96. The smallest absolute Gasteiger partial charge is 0.145 e. The van der Waals surface area contributed by atoms with Crippen LogP contribution in [0.4, 0.5) is 5.82 Å². The monoisotopic (exact) mass is 307 g/mol. The summed E-state index contributed by atoms with van der Waals surface area (Å²) in [7, 11) is 0. The lowest BCUT2D eigenvalue weighted by Gasteiger charge is -2.23. The van der Waals surface area contributed by atoms with Gasteiger partial charge in [0.25, 0.3) is 0 Å². The molecule has 5 nitrogen and oxygen atoms in total. The van der Waals surface area contributed by atoms with Gasteiger partial charge in [0, 0.05) is 12.2 Å². The average Bonchev–Trinajstić information content (AvgIpc) is 2.99. The molecule has 0 spiro atoms. The zero-order valence-electron chi connectivity index (χ0n) is 13.4. The van der Waals surface area contributed by atoms with Crippen molar-refractivity contribution in [3.8, 4) is 11.4 Å². The van der Waals surface area contributed by atoms with Crippen LogP contribution >= 0.6 is 0 Å². The molecule has 0 radical (unpaired) electrons. The minimum Gasteiger partial charge on any atom is -0.366 e. The van der Waals surface area contributed by atoms with Gasteiger partial charge in [0.1, 0.15) is 17.2 Å². The summed E-state index contributed by atoms with van der Waals surface area (Å²) < 4.78 is 2.06. The number of rotatable bonds is 3. The fourth-order valence-electron chi connectivity index (χ4n) is 3.29. The summed E-state index contributed by atoms with van der Waals surface area (Å²) in [6.07, 6.45) is 13.9. The third-order valence-electron chi connectivity index (χ3n) is 4.52. The molecule has 4 rings (SSSR count). The normalized spacial score (nSPS) is 15.9. The number of nitrogens with one attached hydrogen (secondary N) is 1. The molecule has 23 heavy (non-hydrogen) atoms. The van der Waals surface area contributed by atoms with Gasteiger partial charge in [0.05, 0.1) is 24.3 Å². The van der Waals surface area contributed by atoms with Gasteiger partial charge >= 0.3 is 0 Å². The van der Waals surface area contributed by atoms with Crippen LogP contribution in [0.5, 0.6) is 0 Å². The highest BCUT2D eigenvalue weighted by Gasteiger charge is 2.14. The number of imidazole rings is 1. The molecule has 118 valence electrons. The average molecular weight is 307 g/mol. The van der Waals surface area contributed by atoms with Crippen molar-refractivity contribution in [1.82, 2.24) is 19.4 Å². The van der Waals surface area contributed by atoms with E-state index in [0.29, 0.717) is 6.04 Å². The van der Waals surface area contributed by atoms with Crippen LogP contribution < -0.4 is 5.32 Å². The minimum absolute atomic E-state index is 0.526. The number of hydrogen-bond donors (Lipinski definition) is 1. The Hall–Kier alpha value is -2.43. The van der Waals surface area contributed by atoms with Crippen molar-refractivity contribution in [1.29, 1.82) is 0 Å². The molecule has 1 saturated carbocycles. The third kappa shape index (κ3) is 2.91. The number of nitrogens with zero attached hydrogens (tertiary/aromatic N) is 4. The van der Waals surface area contributed by atoms with Crippen LogP contribution in [0.25, 0.3) is 17.0 Å². The molecule has 0 aliphatic heterocycles.